The number of carboxylic acid groups (broad SMARTS) is 1. The van der Waals surface area contributed by atoms with Gasteiger partial charge in [-0.2, -0.15) is 0 Å². The molecule has 0 aromatic heterocycles. The van der Waals surface area contributed by atoms with Gasteiger partial charge in [0.1, 0.15) is 5.78 Å². The molecule has 26 heavy (non-hydrogen) atoms. The number of carbonyl (C=O) groups is 2. The number of nitrogens with zero attached hydrogens (tertiary/aromatic N) is 1. The number of allylic oxidation sites excluding steroid dienone is 5. The van der Waals surface area contributed by atoms with Crippen LogP contribution in [0.4, 0.5) is 0 Å². The molecule has 1 N–H and O–H groups in total. The first-order chi connectivity index (χ1) is 12.5. The van der Waals surface area contributed by atoms with Crippen molar-refractivity contribution < 1.29 is 14.7 Å². The summed E-state index contributed by atoms with van der Waals surface area (Å²) in [4.78, 5) is 26.0. The average molecular weight is 355 g/mol. The Kier molecular flexibility index (Phi) is 5.80. The molecule has 3 aliphatic rings. The Morgan fingerprint density at radius 2 is 2.08 bits per heavy atom. The van der Waals surface area contributed by atoms with Crippen LogP contribution in [0.25, 0.3) is 0 Å². The monoisotopic (exact) mass is 355 g/mol. The van der Waals surface area contributed by atoms with Crippen LogP contribution in [-0.2, 0) is 9.59 Å². The van der Waals surface area contributed by atoms with Gasteiger partial charge in [-0.3, -0.25) is 9.59 Å². The largest absolute Gasteiger partial charge is 0.481 e. The Labute approximate surface area is 156 Å². The van der Waals surface area contributed by atoms with Gasteiger partial charge in [0.2, 0.25) is 0 Å². The maximum absolute atomic E-state index is 12.4. The van der Waals surface area contributed by atoms with Gasteiger partial charge in [-0.05, 0) is 24.5 Å². The van der Waals surface area contributed by atoms with Crippen molar-refractivity contribution in [2.45, 2.75) is 58.3 Å². The van der Waals surface area contributed by atoms with Crippen molar-refractivity contribution in [2.24, 2.45) is 5.41 Å². The Morgan fingerprint density at radius 1 is 1.23 bits per heavy atom. The molecule has 140 valence electrons. The molecule has 3 rings (SSSR count). The molecule has 0 radical (unpaired) electrons. The maximum atomic E-state index is 12.4. The summed E-state index contributed by atoms with van der Waals surface area (Å²) in [5, 5.41) is 9.21. The molecular formula is C22H29NO3. The van der Waals surface area contributed by atoms with E-state index in [1.165, 1.54) is 30.5 Å². The van der Waals surface area contributed by atoms with Crippen molar-refractivity contribution in [1.29, 1.82) is 0 Å². The molecule has 1 aliphatic heterocycles. The molecule has 0 saturated heterocycles. The lowest BCUT2D eigenvalue weighted by molar-refractivity contribution is -0.136. The minimum atomic E-state index is -0.808. The molecular weight excluding hydrogens is 326 g/mol. The molecule has 0 saturated carbocycles. The minimum absolute atomic E-state index is 0.0488. The number of hydrogen-bond acceptors (Lipinski definition) is 3. The topological polar surface area (TPSA) is 57.6 Å². The number of carbonyl (C=O) groups excluding carboxylic acids is 1. The van der Waals surface area contributed by atoms with Crippen LogP contribution in [0.2, 0.25) is 0 Å². The third-order valence-electron chi connectivity index (χ3n) is 5.72. The number of unbranched alkanes of at least 4 members (excludes halogenated alkanes) is 3. The maximum Gasteiger partial charge on any atom is 0.307 e. The van der Waals surface area contributed by atoms with Gasteiger partial charge >= 0.3 is 5.97 Å². The van der Waals surface area contributed by atoms with E-state index in [4.69, 9.17) is 0 Å². The summed E-state index contributed by atoms with van der Waals surface area (Å²) >= 11 is 0. The predicted molar refractivity (Wildman–Crippen MR) is 103 cm³/mol. The fourth-order valence-electron chi connectivity index (χ4n) is 4.52. The fraction of sp³-hybridized carbons (Fsp3) is 0.545. The smallest absolute Gasteiger partial charge is 0.307 e. The van der Waals surface area contributed by atoms with Crippen LogP contribution in [0.5, 0.6) is 0 Å². The zero-order chi connectivity index (χ0) is 18.6. The standard InChI is InChI=1S/C22H29NO3/c1-2-3-4-5-12-23-13-6-7-18-9-10-19(24)16-22(18)15-17(14-21(25)26)8-11-20(22)23/h6-9,11H,2-5,10,12-16H2,1H3,(H,25,26). The Morgan fingerprint density at radius 3 is 2.85 bits per heavy atom. The van der Waals surface area contributed by atoms with Gasteiger partial charge in [0.15, 0.2) is 0 Å². The summed E-state index contributed by atoms with van der Waals surface area (Å²) in [7, 11) is 0. The van der Waals surface area contributed by atoms with Gasteiger partial charge in [-0.25, -0.2) is 0 Å². The molecule has 4 nitrogen and oxygen atoms in total. The number of carboxylic acids is 1. The van der Waals surface area contributed by atoms with E-state index in [0.717, 1.165) is 25.1 Å². The van der Waals surface area contributed by atoms with Gasteiger partial charge in [0.05, 0.1) is 6.42 Å². The second kappa shape index (κ2) is 8.07. The summed E-state index contributed by atoms with van der Waals surface area (Å²) in [6.45, 7) is 4.06. The highest BCUT2D eigenvalue weighted by Crippen LogP contribution is 2.52. The second-order valence-electron chi connectivity index (χ2n) is 7.69. The molecule has 0 fully saturated rings. The summed E-state index contributed by atoms with van der Waals surface area (Å²) in [6.07, 6.45) is 17.0. The van der Waals surface area contributed by atoms with E-state index in [2.05, 4.69) is 36.1 Å². The number of hydrogen-bond donors (Lipinski definition) is 1. The third-order valence-corrected chi connectivity index (χ3v) is 5.72. The van der Waals surface area contributed by atoms with Crippen LogP contribution in [0, 0.1) is 5.41 Å². The van der Waals surface area contributed by atoms with E-state index in [-0.39, 0.29) is 17.6 Å². The van der Waals surface area contributed by atoms with Crippen LogP contribution < -0.4 is 0 Å². The lowest BCUT2D eigenvalue weighted by atomic mass is 9.64. The van der Waals surface area contributed by atoms with Crippen molar-refractivity contribution in [1.82, 2.24) is 4.90 Å². The number of aliphatic carboxylic acids is 1. The van der Waals surface area contributed by atoms with Gasteiger partial charge < -0.3 is 10.0 Å². The molecule has 2 aliphatic carbocycles. The molecule has 0 aromatic rings. The summed E-state index contributed by atoms with van der Waals surface area (Å²) in [6, 6.07) is 0. The lowest BCUT2D eigenvalue weighted by Crippen LogP contribution is -2.40. The van der Waals surface area contributed by atoms with Gasteiger partial charge in [-0.15, -0.1) is 0 Å². The van der Waals surface area contributed by atoms with Gasteiger partial charge in [0.25, 0.3) is 0 Å². The molecule has 1 spiro atoms. The minimum Gasteiger partial charge on any atom is -0.481 e. The molecule has 0 amide bonds. The number of rotatable bonds is 7. The van der Waals surface area contributed by atoms with E-state index >= 15 is 0 Å². The summed E-state index contributed by atoms with van der Waals surface area (Å²) in [5.74, 6) is -0.560. The predicted octanol–water partition coefficient (Wildman–Crippen LogP) is 4.40. The zero-order valence-corrected chi connectivity index (χ0v) is 15.7. The number of ketones is 1. The Bertz CT molecular complexity index is 698. The van der Waals surface area contributed by atoms with E-state index < -0.39 is 5.97 Å². The summed E-state index contributed by atoms with van der Waals surface area (Å²) in [5.41, 5.74) is 2.93. The van der Waals surface area contributed by atoms with Crippen molar-refractivity contribution in [3.05, 3.63) is 47.2 Å². The van der Waals surface area contributed by atoms with Crippen LogP contribution in [0.3, 0.4) is 0 Å². The molecule has 1 unspecified atom stereocenters. The normalized spacial score (nSPS) is 24.9. The first-order valence-corrected chi connectivity index (χ1v) is 9.81. The van der Waals surface area contributed by atoms with Crippen LogP contribution >= 0.6 is 0 Å². The van der Waals surface area contributed by atoms with E-state index in [1.54, 1.807) is 0 Å². The van der Waals surface area contributed by atoms with Crippen molar-refractivity contribution >= 4 is 11.8 Å². The van der Waals surface area contributed by atoms with Crippen molar-refractivity contribution in [2.75, 3.05) is 13.1 Å². The highest BCUT2D eigenvalue weighted by molar-refractivity contribution is 5.84. The van der Waals surface area contributed by atoms with E-state index in [0.29, 0.717) is 19.3 Å². The average Bonchev–Trinajstić information content (AvgIpc) is 2.74. The highest BCUT2D eigenvalue weighted by atomic mass is 16.4. The molecule has 1 atom stereocenters. The lowest BCUT2D eigenvalue weighted by Gasteiger charge is -2.45. The second-order valence-corrected chi connectivity index (χ2v) is 7.69. The number of Topliss-reactive ketones (excluding diaryl/α,β-unsaturated/α-hetero) is 1. The quantitative estimate of drug-likeness (QED) is 0.688. The van der Waals surface area contributed by atoms with Crippen LogP contribution in [-0.4, -0.2) is 34.8 Å². The molecule has 4 heteroatoms. The van der Waals surface area contributed by atoms with E-state index in [1.807, 2.05) is 6.08 Å². The first kappa shape index (κ1) is 18.7. The van der Waals surface area contributed by atoms with Crippen LogP contribution in [0.1, 0.15) is 58.3 Å². The SMILES string of the molecule is CCCCCCN1CC=CC2=CCC(=O)CC23CC(CC(=O)O)=CC=C13. The molecule has 0 bridgehead atoms. The molecule has 1 heterocycles. The highest BCUT2D eigenvalue weighted by Gasteiger charge is 2.45. The van der Waals surface area contributed by atoms with E-state index in [9.17, 15) is 14.7 Å². The zero-order valence-electron chi connectivity index (χ0n) is 15.7. The summed E-state index contributed by atoms with van der Waals surface area (Å²) < 4.78 is 0. The fourth-order valence-corrected chi connectivity index (χ4v) is 4.52. The Balaban J connectivity index is 1.93. The molecule has 0 aromatic carbocycles. The Hall–Kier alpha value is -2.10. The third kappa shape index (κ3) is 3.84. The van der Waals surface area contributed by atoms with Crippen molar-refractivity contribution in [3.63, 3.8) is 0 Å². The van der Waals surface area contributed by atoms with Gasteiger partial charge in [0, 0.05) is 37.0 Å². The van der Waals surface area contributed by atoms with Gasteiger partial charge in [-0.1, -0.05) is 56.1 Å². The van der Waals surface area contributed by atoms with Crippen LogP contribution in [0.15, 0.2) is 47.2 Å². The van der Waals surface area contributed by atoms with Crippen molar-refractivity contribution in [3.8, 4) is 0 Å². The first-order valence-electron chi connectivity index (χ1n) is 9.81.